The van der Waals surface area contributed by atoms with Crippen molar-refractivity contribution in [2.24, 2.45) is 27.9 Å². The van der Waals surface area contributed by atoms with Crippen molar-refractivity contribution in [3.05, 3.63) is 36.0 Å². The number of fused-ring (bicyclic) bond motifs is 1. The largest absolute Gasteiger partial charge is 0.480 e. The molecule has 0 saturated carbocycles. The highest BCUT2D eigenvalue weighted by molar-refractivity contribution is 5.98. The topological polar surface area (TPSA) is 381 Å². The van der Waals surface area contributed by atoms with Crippen LogP contribution in [0, 0.1) is 0 Å². The number of nitrogens with two attached hydrogens (primary N) is 4. The van der Waals surface area contributed by atoms with Gasteiger partial charge in [-0.1, -0.05) is 18.2 Å². The van der Waals surface area contributed by atoms with Crippen LogP contribution in [0.25, 0.3) is 10.9 Å². The van der Waals surface area contributed by atoms with Crippen molar-refractivity contribution in [1.29, 1.82) is 0 Å². The molecule has 2 aromatic rings. The summed E-state index contributed by atoms with van der Waals surface area (Å²) in [6, 6.07) is -1.15. The number of aliphatic imine (C=N–C) groups is 1. The van der Waals surface area contributed by atoms with Crippen molar-refractivity contribution in [3.8, 4) is 0 Å². The van der Waals surface area contributed by atoms with Crippen molar-refractivity contribution in [3.63, 3.8) is 0 Å². The number of para-hydroxylation sites is 1. The van der Waals surface area contributed by atoms with E-state index in [1.54, 1.807) is 30.5 Å². The maximum Gasteiger partial charge on any atom is 0.326 e. The molecule has 1 heterocycles. The van der Waals surface area contributed by atoms with E-state index in [-0.39, 0.29) is 31.8 Å². The molecule has 22 nitrogen and oxygen atoms in total. The van der Waals surface area contributed by atoms with Gasteiger partial charge in [0.25, 0.3) is 0 Å². The molecule has 6 atom stereocenters. The zero-order chi connectivity index (χ0) is 40.5. The molecule has 7 amide bonds. The summed E-state index contributed by atoms with van der Waals surface area (Å²) < 4.78 is 0. The number of aromatic amines is 1. The summed E-state index contributed by atoms with van der Waals surface area (Å²) in [6.07, 6.45) is 0.821. The Hall–Kier alpha value is -6.29. The molecule has 54 heavy (non-hydrogen) atoms. The first kappa shape index (κ1) is 43.9. The zero-order valence-corrected chi connectivity index (χ0v) is 29.7. The quantitative estimate of drug-likeness (QED) is 0.0303. The summed E-state index contributed by atoms with van der Waals surface area (Å²) in [5, 5.41) is 34.0. The minimum absolute atomic E-state index is 0.0420. The number of guanidine groups is 1. The van der Waals surface area contributed by atoms with Crippen molar-refractivity contribution in [2.45, 2.75) is 75.8 Å². The molecular formula is C32H48N12O10. The number of H-pyrrole nitrogens is 1. The lowest BCUT2D eigenvalue weighted by Gasteiger charge is -2.25. The van der Waals surface area contributed by atoms with Crippen LogP contribution in [0.5, 0.6) is 0 Å². The molecule has 0 spiro atoms. The molecular weight excluding hydrogens is 712 g/mol. The Morgan fingerprint density at radius 3 is 2.04 bits per heavy atom. The number of benzene rings is 1. The van der Waals surface area contributed by atoms with E-state index >= 15 is 0 Å². The number of amides is 7. The molecule has 296 valence electrons. The number of hydrogen-bond donors (Lipinski definition) is 13. The molecule has 0 fully saturated rings. The highest BCUT2D eigenvalue weighted by Gasteiger charge is 2.32. The molecule has 0 aliphatic rings. The van der Waals surface area contributed by atoms with Crippen molar-refractivity contribution < 1.29 is 48.6 Å². The van der Waals surface area contributed by atoms with E-state index in [9.17, 15) is 48.6 Å². The molecule has 0 aliphatic heterocycles. The Morgan fingerprint density at radius 2 is 1.43 bits per heavy atom. The Bertz CT molecular complexity index is 1710. The van der Waals surface area contributed by atoms with Gasteiger partial charge in [-0.2, -0.15) is 0 Å². The fraction of sp³-hybridized carbons (Fsp3) is 0.469. The minimum Gasteiger partial charge on any atom is -0.480 e. The van der Waals surface area contributed by atoms with Crippen molar-refractivity contribution in [1.82, 2.24) is 36.9 Å². The van der Waals surface area contributed by atoms with Crippen LogP contribution in [0.1, 0.15) is 38.7 Å². The molecule has 2 rings (SSSR count). The van der Waals surface area contributed by atoms with Gasteiger partial charge in [0.15, 0.2) is 5.96 Å². The Balaban J connectivity index is 2.23. The van der Waals surface area contributed by atoms with Gasteiger partial charge < -0.3 is 70.0 Å². The number of carbonyl (C=O) groups excluding carboxylic acids is 7. The van der Waals surface area contributed by atoms with Gasteiger partial charge in [-0.15, -0.1) is 0 Å². The lowest BCUT2D eigenvalue weighted by molar-refractivity contribution is -0.142. The summed E-state index contributed by atoms with van der Waals surface area (Å²) in [4.78, 5) is 108. The van der Waals surface area contributed by atoms with Crippen LogP contribution in [0.4, 0.5) is 0 Å². The van der Waals surface area contributed by atoms with Gasteiger partial charge in [0.1, 0.15) is 30.2 Å². The van der Waals surface area contributed by atoms with Crippen molar-refractivity contribution >= 4 is 64.2 Å². The molecule has 1 aromatic heterocycles. The first-order valence-electron chi connectivity index (χ1n) is 16.7. The maximum absolute atomic E-state index is 13.7. The predicted octanol–water partition coefficient (Wildman–Crippen LogP) is -5.38. The second-order valence-corrected chi connectivity index (χ2v) is 12.2. The smallest absolute Gasteiger partial charge is 0.326 e. The van der Waals surface area contributed by atoms with E-state index in [2.05, 4.69) is 41.9 Å². The molecule has 0 unspecified atom stereocenters. The van der Waals surface area contributed by atoms with Gasteiger partial charge in [0.2, 0.25) is 41.4 Å². The number of nitrogens with one attached hydrogen (secondary N) is 7. The lowest BCUT2D eigenvalue weighted by Crippen LogP contribution is -2.60. The fourth-order valence-electron chi connectivity index (χ4n) is 4.88. The second kappa shape index (κ2) is 21.3. The number of aliphatic carboxylic acids is 1. The van der Waals surface area contributed by atoms with E-state index in [4.69, 9.17) is 22.9 Å². The average Bonchev–Trinajstić information content (AvgIpc) is 3.51. The van der Waals surface area contributed by atoms with Gasteiger partial charge in [0.05, 0.1) is 25.6 Å². The fourth-order valence-corrected chi connectivity index (χ4v) is 4.88. The summed E-state index contributed by atoms with van der Waals surface area (Å²) in [6.45, 7) is 1.16. The van der Waals surface area contributed by atoms with Crippen molar-refractivity contribution in [2.75, 3.05) is 19.7 Å². The van der Waals surface area contributed by atoms with Gasteiger partial charge in [0, 0.05) is 30.1 Å². The summed E-state index contributed by atoms with van der Waals surface area (Å²) in [7, 11) is 0. The lowest BCUT2D eigenvalue weighted by atomic mass is 10.0. The van der Waals surface area contributed by atoms with E-state index in [1.165, 1.54) is 13.8 Å². The highest BCUT2D eigenvalue weighted by atomic mass is 16.4. The van der Waals surface area contributed by atoms with Crippen LogP contribution in [0.15, 0.2) is 35.5 Å². The summed E-state index contributed by atoms with van der Waals surface area (Å²) in [5.41, 5.74) is 22.6. The van der Waals surface area contributed by atoms with Crippen LogP contribution in [0.2, 0.25) is 0 Å². The molecule has 0 saturated heterocycles. The minimum atomic E-state index is -1.66. The first-order valence-corrected chi connectivity index (χ1v) is 16.7. The third-order valence-electron chi connectivity index (χ3n) is 7.75. The number of carbonyl (C=O) groups is 8. The van der Waals surface area contributed by atoms with E-state index in [1.807, 2.05) is 0 Å². The number of aromatic nitrogens is 1. The Morgan fingerprint density at radius 1 is 0.796 bits per heavy atom. The van der Waals surface area contributed by atoms with Gasteiger partial charge in [-0.25, -0.2) is 4.79 Å². The summed E-state index contributed by atoms with van der Waals surface area (Å²) >= 11 is 0. The SMILES string of the molecule is C[C@H](N)C(=O)N[C@@H](C)C(=O)N[C@@H](CO)C(=O)N[C@@H](Cc1c[nH]c2ccccc12)C(=O)N[C@@H](CC(N)=O)C(=O)NCC(=O)N[C@@H](CCCN=C(N)N)C(=O)O. The monoisotopic (exact) mass is 760 g/mol. The molecule has 0 radical (unpaired) electrons. The third-order valence-corrected chi connectivity index (χ3v) is 7.75. The van der Waals surface area contributed by atoms with Crippen LogP contribution < -0.4 is 54.8 Å². The number of rotatable bonds is 22. The van der Waals surface area contributed by atoms with Crippen LogP contribution >= 0.6 is 0 Å². The molecule has 0 aliphatic carbocycles. The highest BCUT2D eigenvalue weighted by Crippen LogP contribution is 2.19. The number of aliphatic hydroxyl groups is 1. The van der Waals surface area contributed by atoms with Crippen LogP contribution in [0.3, 0.4) is 0 Å². The van der Waals surface area contributed by atoms with Gasteiger partial charge >= 0.3 is 5.97 Å². The first-order chi connectivity index (χ1) is 25.4. The number of carboxylic acids is 1. The molecule has 1 aromatic carbocycles. The second-order valence-electron chi connectivity index (χ2n) is 12.2. The normalized spacial score (nSPS) is 14.1. The molecule has 0 bridgehead atoms. The number of hydrogen-bond acceptors (Lipinski definition) is 11. The maximum atomic E-state index is 13.7. The Labute approximate surface area is 309 Å². The summed E-state index contributed by atoms with van der Waals surface area (Å²) in [5.74, 6) is -8.02. The van der Waals surface area contributed by atoms with Crippen LogP contribution in [-0.2, 0) is 44.8 Å². The number of carboxylic acid groups (broad SMARTS) is 1. The third kappa shape index (κ3) is 14.4. The van der Waals surface area contributed by atoms with E-state index in [0.717, 1.165) is 0 Å². The van der Waals surface area contributed by atoms with Gasteiger partial charge in [-0.3, -0.25) is 38.6 Å². The van der Waals surface area contributed by atoms with E-state index < -0.39 is 103 Å². The number of primary amides is 1. The average molecular weight is 761 g/mol. The van der Waals surface area contributed by atoms with Crippen LogP contribution in [-0.4, -0.2) is 124 Å². The van der Waals surface area contributed by atoms with E-state index in [0.29, 0.717) is 16.5 Å². The number of nitrogens with zero attached hydrogens (tertiary/aromatic N) is 1. The molecule has 22 heteroatoms. The molecule has 17 N–H and O–H groups in total. The Kier molecular flexibility index (Phi) is 17.3. The van der Waals surface area contributed by atoms with Gasteiger partial charge in [-0.05, 0) is 38.3 Å². The standard InChI is InChI=1S/C32H48N12O10/c1-15(33)26(48)40-16(2)27(49)44-23(14-45)30(52)42-21(10-17-12-38-19-7-4-3-6-18(17)19)29(51)43-22(11-24(34)46)28(50)39-13-25(47)41-20(31(53)54)8-5-9-37-32(35)36/h3-4,6-7,12,15-16,20-23,38,45H,5,8-11,13-14,33H2,1-2H3,(H2,34,46)(H,39,50)(H,40,48)(H,41,47)(H,42,52)(H,43,51)(H,44,49)(H,53,54)(H4,35,36,37)/t15-,16-,20-,21-,22-,23-/m0/s1. The zero-order valence-electron chi connectivity index (χ0n) is 29.7. The predicted molar refractivity (Wildman–Crippen MR) is 192 cm³/mol. The number of aliphatic hydroxyl groups excluding tert-OH is 1.